The fraction of sp³-hybridized carbons (Fsp3) is 0.517. The maximum atomic E-state index is 13.1. The van der Waals surface area contributed by atoms with Gasteiger partial charge in [0, 0.05) is 38.2 Å². The number of aromatic nitrogens is 2. The molecule has 7 heteroatoms. The monoisotopic (exact) mass is 482 g/mol. The van der Waals surface area contributed by atoms with Gasteiger partial charge in [0.2, 0.25) is 5.91 Å². The standard InChI is InChI=1S/C29H34N6O/c1-2-19-10-11-31-26(14-19)32-24-16-23(17-30)29(33-28(24)22-8-9-22)34-12-13-35(25(18-34)21-6-7-21)27(36)15-20-4-3-5-20/h2,10-11,14,16,20-22,25H,1,3-9,12-13,15,18H2,(H,31,32). The molecular formula is C29H34N6O. The van der Waals surface area contributed by atoms with Gasteiger partial charge in [0.1, 0.15) is 17.7 Å². The van der Waals surface area contributed by atoms with E-state index in [0.717, 1.165) is 61.1 Å². The average Bonchev–Trinajstić information content (AvgIpc) is 3.79. The second-order valence-electron chi connectivity index (χ2n) is 10.9. The van der Waals surface area contributed by atoms with Crippen molar-refractivity contribution in [1.82, 2.24) is 14.9 Å². The molecule has 36 heavy (non-hydrogen) atoms. The summed E-state index contributed by atoms with van der Waals surface area (Å²) in [6.07, 6.45) is 12.5. The minimum atomic E-state index is 0.229. The number of anilines is 3. The molecule has 0 spiro atoms. The van der Waals surface area contributed by atoms with Gasteiger partial charge in [-0.2, -0.15) is 5.26 Å². The van der Waals surface area contributed by atoms with Crippen LogP contribution < -0.4 is 10.2 Å². The van der Waals surface area contributed by atoms with E-state index in [2.05, 4.69) is 32.7 Å². The van der Waals surface area contributed by atoms with Crippen molar-refractivity contribution in [3.63, 3.8) is 0 Å². The Morgan fingerprint density at radius 2 is 2.03 bits per heavy atom. The largest absolute Gasteiger partial charge is 0.352 e. The van der Waals surface area contributed by atoms with Gasteiger partial charge < -0.3 is 15.1 Å². The summed E-state index contributed by atoms with van der Waals surface area (Å²) < 4.78 is 0. The molecule has 4 fully saturated rings. The van der Waals surface area contributed by atoms with Crippen LogP contribution in [0.4, 0.5) is 17.3 Å². The Labute approximate surface area is 213 Å². The molecule has 4 aliphatic rings. The summed E-state index contributed by atoms with van der Waals surface area (Å²) in [5, 5.41) is 13.5. The second kappa shape index (κ2) is 9.57. The predicted molar refractivity (Wildman–Crippen MR) is 141 cm³/mol. The zero-order valence-electron chi connectivity index (χ0n) is 20.8. The molecule has 1 atom stereocenters. The first-order chi connectivity index (χ1) is 17.6. The molecule has 1 aliphatic heterocycles. The van der Waals surface area contributed by atoms with E-state index < -0.39 is 0 Å². The highest BCUT2D eigenvalue weighted by molar-refractivity contribution is 5.77. The van der Waals surface area contributed by atoms with Gasteiger partial charge >= 0.3 is 0 Å². The summed E-state index contributed by atoms with van der Waals surface area (Å²) >= 11 is 0. The molecule has 0 radical (unpaired) electrons. The molecule has 2 aromatic heterocycles. The maximum Gasteiger partial charge on any atom is 0.223 e. The molecule has 1 N–H and O–H groups in total. The first kappa shape index (κ1) is 23.0. The van der Waals surface area contributed by atoms with E-state index in [1.54, 1.807) is 12.3 Å². The summed E-state index contributed by atoms with van der Waals surface area (Å²) in [7, 11) is 0. The van der Waals surface area contributed by atoms with Crippen molar-refractivity contribution in [3.05, 3.63) is 47.8 Å². The normalized spacial score (nSPS) is 22.0. The molecule has 2 aromatic rings. The molecular weight excluding hydrogens is 448 g/mol. The molecule has 6 rings (SSSR count). The quantitative estimate of drug-likeness (QED) is 0.555. The van der Waals surface area contributed by atoms with Crippen molar-refractivity contribution in [1.29, 1.82) is 5.26 Å². The second-order valence-corrected chi connectivity index (χ2v) is 10.9. The number of nitrogens with zero attached hydrogens (tertiary/aromatic N) is 5. The van der Waals surface area contributed by atoms with E-state index in [-0.39, 0.29) is 6.04 Å². The molecule has 3 heterocycles. The van der Waals surface area contributed by atoms with Crippen LogP contribution in [0.3, 0.4) is 0 Å². The van der Waals surface area contributed by atoms with E-state index in [1.165, 1.54) is 32.1 Å². The minimum Gasteiger partial charge on any atom is -0.352 e. The third kappa shape index (κ3) is 4.69. The van der Waals surface area contributed by atoms with Crippen LogP contribution in [0.25, 0.3) is 6.08 Å². The topological polar surface area (TPSA) is 85.2 Å². The Balaban J connectivity index is 1.26. The van der Waals surface area contributed by atoms with Gasteiger partial charge in [0.15, 0.2) is 0 Å². The van der Waals surface area contributed by atoms with Gasteiger partial charge in [-0.15, -0.1) is 0 Å². The number of carbonyl (C=O) groups is 1. The number of pyridine rings is 2. The highest BCUT2D eigenvalue weighted by Gasteiger charge is 2.42. The van der Waals surface area contributed by atoms with Crippen molar-refractivity contribution in [3.8, 4) is 6.07 Å². The van der Waals surface area contributed by atoms with Gasteiger partial charge in [0.25, 0.3) is 0 Å². The Morgan fingerprint density at radius 3 is 2.69 bits per heavy atom. The number of nitrogens with one attached hydrogen (secondary N) is 1. The maximum absolute atomic E-state index is 13.1. The Kier molecular flexibility index (Phi) is 6.12. The molecule has 7 nitrogen and oxygen atoms in total. The summed E-state index contributed by atoms with van der Waals surface area (Å²) in [6, 6.07) is 8.43. The molecule has 1 amide bonds. The lowest BCUT2D eigenvalue weighted by Crippen LogP contribution is -2.57. The minimum absolute atomic E-state index is 0.229. The van der Waals surface area contributed by atoms with Crippen LogP contribution in [-0.4, -0.2) is 46.5 Å². The predicted octanol–water partition coefficient (Wildman–Crippen LogP) is 5.23. The molecule has 1 unspecified atom stereocenters. The van der Waals surface area contributed by atoms with Gasteiger partial charge in [0.05, 0.1) is 23.0 Å². The van der Waals surface area contributed by atoms with Crippen LogP contribution >= 0.6 is 0 Å². The van der Waals surface area contributed by atoms with Crippen LogP contribution in [0.1, 0.15) is 74.1 Å². The smallest absolute Gasteiger partial charge is 0.223 e. The van der Waals surface area contributed by atoms with E-state index in [4.69, 9.17) is 4.98 Å². The van der Waals surface area contributed by atoms with Gasteiger partial charge in [-0.25, -0.2) is 9.97 Å². The zero-order chi connectivity index (χ0) is 24.6. The highest BCUT2D eigenvalue weighted by Crippen LogP contribution is 2.45. The lowest BCUT2D eigenvalue weighted by molar-refractivity contribution is -0.136. The number of nitriles is 1. The molecule has 1 saturated heterocycles. The molecule has 0 aromatic carbocycles. The van der Waals surface area contributed by atoms with Crippen molar-refractivity contribution in [2.24, 2.45) is 11.8 Å². The highest BCUT2D eigenvalue weighted by atomic mass is 16.2. The van der Waals surface area contributed by atoms with Crippen molar-refractivity contribution < 1.29 is 4.79 Å². The Hall–Kier alpha value is -3.40. The number of hydrogen-bond acceptors (Lipinski definition) is 6. The van der Waals surface area contributed by atoms with Crippen LogP contribution in [0.2, 0.25) is 0 Å². The number of carbonyl (C=O) groups excluding carboxylic acids is 1. The molecule has 0 bridgehead atoms. The number of hydrogen-bond donors (Lipinski definition) is 1. The summed E-state index contributed by atoms with van der Waals surface area (Å²) in [6.45, 7) is 6.05. The summed E-state index contributed by atoms with van der Waals surface area (Å²) in [4.78, 5) is 27.1. The summed E-state index contributed by atoms with van der Waals surface area (Å²) in [5.74, 6) is 3.40. The number of piperazine rings is 1. The van der Waals surface area contributed by atoms with Crippen LogP contribution in [-0.2, 0) is 4.79 Å². The Morgan fingerprint density at radius 1 is 1.19 bits per heavy atom. The zero-order valence-corrected chi connectivity index (χ0v) is 20.8. The van der Waals surface area contributed by atoms with E-state index in [0.29, 0.717) is 35.6 Å². The number of rotatable bonds is 8. The van der Waals surface area contributed by atoms with Gasteiger partial charge in [-0.1, -0.05) is 19.1 Å². The van der Waals surface area contributed by atoms with Crippen LogP contribution in [0.15, 0.2) is 31.0 Å². The fourth-order valence-electron chi connectivity index (χ4n) is 5.65. The van der Waals surface area contributed by atoms with Crippen LogP contribution in [0, 0.1) is 23.2 Å². The van der Waals surface area contributed by atoms with E-state index >= 15 is 0 Å². The molecule has 3 aliphatic carbocycles. The lowest BCUT2D eigenvalue weighted by atomic mass is 9.82. The first-order valence-corrected chi connectivity index (χ1v) is 13.5. The summed E-state index contributed by atoms with van der Waals surface area (Å²) in [5.41, 5.74) is 3.44. The lowest BCUT2D eigenvalue weighted by Gasteiger charge is -2.43. The van der Waals surface area contributed by atoms with Gasteiger partial charge in [-0.3, -0.25) is 4.79 Å². The third-order valence-corrected chi connectivity index (χ3v) is 8.29. The van der Waals surface area contributed by atoms with Gasteiger partial charge in [-0.05, 0) is 74.1 Å². The molecule has 186 valence electrons. The Bertz CT molecular complexity index is 1210. The van der Waals surface area contributed by atoms with Crippen LogP contribution in [0.5, 0.6) is 0 Å². The van der Waals surface area contributed by atoms with Crippen molar-refractivity contribution in [2.45, 2.75) is 63.3 Å². The first-order valence-electron chi connectivity index (χ1n) is 13.5. The third-order valence-electron chi connectivity index (χ3n) is 8.29. The average molecular weight is 483 g/mol. The SMILES string of the molecule is C=Cc1ccnc(Nc2cc(C#N)c(N3CCN(C(=O)CC4CCC4)C(C4CC4)C3)nc2C2CC2)c1. The van der Waals surface area contributed by atoms with E-state index in [9.17, 15) is 10.1 Å². The fourth-order valence-corrected chi connectivity index (χ4v) is 5.65. The van der Waals surface area contributed by atoms with Crippen molar-refractivity contribution >= 4 is 29.3 Å². The van der Waals surface area contributed by atoms with E-state index in [1.807, 2.05) is 18.2 Å². The number of amides is 1. The molecule has 3 saturated carbocycles. The van der Waals surface area contributed by atoms with Crippen molar-refractivity contribution in [2.75, 3.05) is 29.9 Å².